The Labute approximate surface area is 120 Å². The molecule has 0 saturated heterocycles. The van der Waals surface area contributed by atoms with Gasteiger partial charge in [0.25, 0.3) is 5.91 Å². The van der Waals surface area contributed by atoms with Gasteiger partial charge in [-0.2, -0.15) is 13.2 Å². The molecule has 1 aromatic heterocycles. The summed E-state index contributed by atoms with van der Waals surface area (Å²) < 4.78 is 36.9. The zero-order valence-corrected chi connectivity index (χ0v) is 12.4. The van der Waals surface area contributed by atoms with Crippen LogP contribution in [0.25, 0.3) is 0 Å². The normalized spacial score (nSPS) is 12.4. The Bertz CT molecular complexity index is 509. The molecule has 0 spiro atoms. The van der Waals surface area contributed by atoms with Crippen molar-refractivity contribution in [1.29, 1.82) is 0 Å². The number of alkyl halides is 3. The largest absolute Gasteiger partial charge is 0.406 e. The molecule has 0 saturated carbocycles. The van der Waals surface area contributed by atoms with Gasteiger partial charge in [0.1, 0.15) is 11.7 Å². The summed E-state index contributed by atoms with van der Waals surface area (Å²) in [6.45, 7) is 4.31. The maximum absolute atomic E-state index is 12.3. The van der Waals surface area contributed by atoms with Crippen LogP contribution in [-0.2, 0) is 5.41 Å². The van der Waals surface area contributed by atoms with Crippen molar-refractivity contribution in [2.75, 3.05) is 13.6 Å². The zero-order valence-electron chi connectivity index (χ0n) is 11.7. The Morgan fingerprint density at radius 3 is 2.30 bits per heavy atom. The van der Waals surface area contributed by atoms with Gasteiger partial charge in [-0.1, -0.05) is 32.4 Å². The predicted octanol–water partition coefficient (Wildman–Crippen LogP) is 3.67. The second kappa shape index (κ2) is 5.60. The van der Waals surface area contributed by atoms with Crippen molar-refractivity contribution in [1.82, 2.24) is 9.88 Å². The van der Waals surface area contributed by atoms with E-state index in [2.05, 4.69) is 4.98 Å². The second-order valence-electron chi connectivity index (χ2n) is 5.59. The minimum atomic E-state index is -4.44. The summed E-state index contributed by atoms with van der Waals surface area (Å²) in [7, 11) is 1.10. The maximum Gasteiger partial charge on any atom is 0.406 e. The minimum absolute atomic E-state index is 0.0844. The molecule has 0 aromatic carbocycles. The number of pyridine rings is 1. The Morgan fingerprint density at radius 1 is 1.30 bits per heavy atom. The van der Waals surface area contributed by atoms with Gasteiger partial charge in [-0.05, 0) is 12.1 Å². The Kier molecular flexibility index (Phi) is 4.69. The van der Waals surface area contributed by atoms with Crippen LogP contribution in [0.15, 0.2) is 12.1 Å². The first kappa shape index (κ1) is 16.8. The monoisotopic (exact) mass is 308 g/mol. The van der Waals surface area contributed by atoms with Crippen LogP contribution in [0.5, 0.6) is 0 Å². The van der Waals surface area contributed by atoms with Gasteiger partial charge in [0.05, 0.1) is 0 Å². The number of halogens is 4. The summed E-state index contributed by atoms with van der Waals surface area (Å²) in [5.41, 5.74) is 0.290. The van der Waals surface area contributed by atoms with Gasteiger partial charge in [0.2, 0.25) is 0 Å². The molecule has 0 aliphatic rings. The zero-order chi connectivity index (χ0) is 15.7. The lowest BCUT2D eigenvalue weighted by molar-refractivity contribution is -0.138. The van der Waals surface area contributed by atoms with E-state index >= 15 is 0 Å². The molecule has 20 heavy (non-hydrogen) atoms. The molecule has 0 fully saturated rings. The van der Waals surface area contributed by atoms with Crippen molar-refractivity contribution in [2.24, 2.45) is 0 Å². The second-order valence-corrected chi connectivity index (χ2v) is 5.98. The standard InChI is InChI=1S/C13H16ClF3N2O/c1-12(2,3)9-5-8(6-10(14)18-9)11(20)19(4)7-13(15,16)17/h5-6H,7H2,1-4H3. The Hall–Kier alpha value is -1.30. The number of hydrogen-bond acceptors (Lipinski definition) is 2. The van der Waals surface area contributed by atoms with Crippen LogP contribution >= 0.6 is 11.6 Å². The number of amides is 1. The number of rotatable bonds is 2. The topological polar surface area (TPSA) is 33.2 Å². The Balaban J connectivity index is 3.08. The third-order valence-corrected chi connectivity index (χ3v) is 2.77. The van der Waals surface area contributed by atoms with Crippen LogP contribution in [0.1, 0.15) is 36.8 Å². The van der Waals surface area contributed by atoms with Crippen LogP contribution in [0.4, 0.5) is 13.2 Å². The van der Waals surface area contributed by atoms with Crippen LogP contribution < -0.4 is 0 Å². The number of nitrogens with zero attached hydrogens (tertiary/aromatic N) is 2. The van der Waals surface area contributed by atoms with E-state index in [1.54, 1.807) is 0 Å². The molecule has 0 bridgehead atoms. The first-order valence-corrected chi connectivity index (χ1v) is 6.28. The molecule has 0 radical (unpaired) electrons. The smallest absolute Gasteiger partial charge is 0.333 e. The highest BCUT2D eigenvalue weighted by molar-refractivity contribution is 6.29. The molecular formula is C13H16ClF3N2O. The molecule has 0 N–H and O–H groups in total. The van der Waals surface area contributed by atoms with Crippen LogP contribution in [-0.4, -0.2) is 35.6 Å². The number of carbonyl (C=O) groups excluding carboxylic acids is 1. The van der Waals surface area contributed by atoms with Crippen LogP contribution in [0.3, 0.4) is 0 Å². The van der Waals surface area contributed by atoms with E-state index < -0.39 is 18.6 Å². The molecule has 112 valence electrons. The molecule has 0 aliphatic heterocycles. The van der Waals surface area contributed by atoms with Gasteiger partial charge in [-0.3, -0.25) is 4.79 Å². The third kappa shape index (κ3) is 4.67. The fourth-order valence-corrected chi connectivity index (χ4v) is 1.77. The van der Waals surface area contributed by atoms with Gasteiger partial charge in [0.15, 0.2) is 0 Å². The lowest BCUT2D eigenvalue weighted by atomic mass is 9.91. The number of aromatic nitrogens is 1. The SMILES string of the molecule is CN(CC(F)(F)F)C(=O)c1cc(Cl)nc(C(C)(C)C)c1. The first-order chi connectivity index (χ1) is 8.90. The molecular weight excluding hydrogens is 293 g/mol. The lowest BCUT2D eigenvalue weighted by Gasteiger charge is -2.22. The van der Waals surface area contributed by atoms with E-state index in [0.717, 1.165) is 7.05 Å². The van der Waals surface area contributed by atoms with Crippen LogP contribution in [0, 0.1) is 0 Å². The molecule has 0 atom stereocenters. The average molecular weight is 309 g/mol. The van der Waals surface area contributed by atoms with Crippen molar-refractivity contribution in [3.63, 3.8) is 0 Å². The fraction of sp³-hybridized carbons (Fsp3) is 0.538. The van der Waals surface area contributed by atoms with Crippen molar-refractivity contribution < 1.29 is 18.0 Å². The summed E-state index contributed by atoms with van der Waals surface area (Å²) in [4.78, 5) is 16.7. The quantitative estimate of drug-likeness (QED) is 0.781. The highest BCUT2D eigenvalue weighted by Crippen LogP contribution is 2.24. The van der Waals surface area contributed by atoms with Gasteiger partial charge in [-0.25, -0.2) is 4.98 Å². The molecule has 1 rings (SSSR count). The molecule has 1 heterocycles. The van der Waals surface area contributed by atoms with E-state index in [0.29, 0.717) is 10.6 Å². The highest BCUT2D eigenvalue weighted by Gasteiger charge is 2.32. The van der Waals surface area contributed by atoms with E-state index in [-0.39, 0.29) is 16.1 Å². The van der Waals surface area contributed by atoms with Crippen molar-refractivity contribution in [3.05, 3.63) is 28.5 Å². The third-order valence-electron chi connectivity index (χ3n) is 2.57. The van der Waals surface area contributed by atoms with Crippen molar-refractivity contribution in [3.8, 4) is 0 Å². The van der Waals surface area contributed by atoms with Crippen molar-refractivity contribution in [2.45, 2.75) is 32.4 Å². The lowest BCUT2D eigenvalue weighted by Crippen LogP contribution is -2.36. The summed E-state index contributed by atoms with van der Waals surface area (Å²) in [6, 6.07) is 2.74. The first-order valence-electron chi connectivity index (χ1n) is 5.90. The van der Waals surface area contributed by atoms with Gasteiger partial charge < -0.3 is 4.90 Å². The van der Waals surface area contributed by atoms with Gasteiger partial charge in [0, 0.05) is 23.7 Å². The molecule has 1 aromatic rings. The van der Waals surface area contributed by atoms with E-state index in [9.17, 15) is 18.0 Å². The summed E-state index contributed by atoms with van der Waals surface area (Å²) >= 11 is 5.83. The highest BCUT2D eigenvalue weighted by atomic mass is 35.5. The number of hydrogen-bond donors (Lipinski definition) is 0. The minimum Gasteiger partial charge on any atom is -0.333 e. The van der Waals surface area contributed by atoms with E-state index in [1.807, 2.05) is 20.8 Å². The van der Waals surface area contributed by atoms with Gasteiger partial charge in [-0.15, -0.1) is 0 Å². The molecule has 7 heteroatoms. The maximum atomic E-state index is 12.3. The summed E-state index contributed by atoms with van der Waals surface area (Å²) in [5, 5.41) is 0.0844. The predicted molar refractivity (Wildman–Crippen MR) is 71.0 cm³/mol. The van der Waals surface area contributed by atoms with Gasteiger partial charge >= 0.3 is 6.18 Å². The molecule has 1 amide bonds. The molecule has 3 nitrogen and oxygen atoms in total. The summed E-state index contributed by atoms with van der Waals surface area (Å²) in [6.07, 6.45) is -4.44. The number of carbonyl (C=O) groups is 1. The fourth-order valence-electron chi connectivity index (χ4n) is 1.57. The summed E-state index contributed by atoms with van der Waals surface area (Å²) in [5.74, 6) is -0.739. The van der Waals surface area contributed by atoms with E-state index in [4.69, 9.17) is 11.6 Å². The average Bonchev–Trinajstić information content (AvgIpc) is 2.23. The van der Waals surface area contributed by atoms with E-state index in [1.165, 1.54) is 12.1 Å². The Morgan fingerprint density at radius 2 is 1.85 bits per heavy atom. The molecule has 0 unspecified atom stereocenters. The van der Waals surface area contributed by atoms with Crippen LogP contribution in [0.2, 0.25) is 5.15 Å². The van der Waals surface area contributed by atoms with Crippen molar-refractivity contribution >= 4 is 17.5 Å². The molecule has 0 aliphatic carbocycles.